The summed E-state index contributed by atoms with van der Waals surface area (Å²) in [5.41, 5.74) is -4.00. The van der Waals surface area contributed by atoms with Gasteiger partial charge in [-0.2, -0.15) is 26.3 Å². The van der Waals surface area contributed by atoms with Gasteiger partial charge in [-0.1, -0.05) is 37.0 Å². The number of alkyl halides is 6. The Kier molecular flexibility index (Phi) is 11.7. The first-order valence-electron chi connectivity index (χ1n) is 18.3. The smallest absolute Gasteiger partial charge is 0.274 e. The molecule has 8 rings (SSSR count). The predicted octanol–water partition coefficient (Wildman–Crippen LogP) is 11.0. The standard InChI is InChI=1S/C21H14ClF4N3O3S.C20H13ClF4N2O2S/c1-3-33(31,32)16-7-11-6-13(22)4-5-14(11)28-19(16)20-17(23)18-15(29(20)10(2)30)8-12(9-27-18)21(24,25)26;1-2-30(28,29)16-8-10-6-13(21)3-4-15(10)27-19(16)14-7-11-5-12(20(23,24)25)9-26-18(11)17(14)22/h4-9H,3H2,1-2H3;3-6,8-9H,2,7H2,1H3. The average molecular weight is 957 g/mol. The number of nitrogens with zero attached hydrogens (tertiary/aromatic N) is 5. The van der Waals surface area contributed by atoms with E-state index in [0.717, 1.165) is 13.0 Å². The number of allylic oxidation sites excluding steroid dienone is 1. The van der Waals surface area contributed by atoms with E-state index in [1.807, 2.05) is 0 Å². The number of halogens is 10. The molecule has 0 N–H and O–H groups in total. The first-order valence-corrected chi connectivity index (χ1v) is 22.3. The van der Waals surface area contributed by atoms with Crippen LogP contribution in [0.4, 0.5) is 35.1 Å². The first-order chi connectivity index (χ1) is 29.4. The number of carbonyl (C=O) groups excluding carboxylic acids is 1. The number of hydrogen-bond acceptors (Lipinski definition) is 9. The van der Waals surface area contributed by atoms with E-state index in [2.05, 4.69) is 19.9 Å². The molecule has 0 saturated carbocycles. The molecular weight excluding hydrogens is 930 g/mol. The number of sulfone groups is 2. The van der Waals surface area contributed by atoms with Crippen LogP contribution in [-0.4, -0.2) is 58.8 Å². The lowest BCUT2D eigenvalue weighted by Crippen LogP contribution is -2.13. The molecule has 22 heteroatoms. The van der Waals surface area contributed by atoms with Crippen molar-refractivity contribution >= 4 is 93.0 Å². The summed E-state index contributed by atoms with van der Waals surface area (Å²) in [7, 11) is -7.83. The van der Waals surface area contributed by atoms with Gasteiger partial charge in [0.05, 0.1) is 54.7 Å². The van der Waals surface area contributed by atoms with Gasteiger partial charge >= 0.3 is 12.4 Å². The Morgan fingerprint density at radius 1 is 0.698 bits per heavy atom. The molecule has 0 fully saturated rings. The van der Waals surface area contributed by atoms with Crippen molar-refractivity contribution in [2.45, 2.75) is 49.3 Å². The number of fused-ring (bicyclic) bond motifs is 4. The van der Waals surface area contributed by atoms with Crippen LogP contribution in [-0.2, 0) is 38.4 Å². The molecule has 7 aromatic rings. The molecule has 2 aromatic carbocycles. The number of aromatic nitrogens is 5. The zero-order valence-corrected chi connectivity index (χ0v) is 35.6. The third kappa shape index (κ3) is 8.48. The summed E-state index contributed by atoms with van der Waals surface area (Å²) >= 11 is 12.0. The highest BCUT2D eigenvalue weighted by Gasteiger charge is 2.37. The monoisotopic (exact) mass is 955 g/mol. The molecule has 0 unspecified atom stereocenters. The second-order valence-corrected chi connectivity index (χ2v) is 19.3. The van der Waals surface area contributed by atoms with Crippen LogP contribution in [0.25, 0.3) is 55.6 Å². The van der Waals surface area contributed by atoms with E-state index >= 15 is 8.78 Å². The normalized spacial score (nSPS) is 13.5. The minimum absolute atomic E-state index is 0.0233. The van der Waals surface area contributed by atoms with Crippen molar-refractivity contribution in [1.29, 1.82) is 0 Å². The highest BCUT2D eigenvalue weighted by molar-refractivity contribution is 7.91. The fraction of sp³-hybridized carbons (Fsp3) is 0.195. The quantitative estimate of drug-likeness (QED) is 0.149. The molecule has 5 heterocycles. The molecule has 0 spiro atoms. The molecule has 0 bridgehead atoms. The van der Waals surface area contributed by atoms with E-state index in [1.165, 1.54) is 50.2 Å². The van der Waals surface area contributed by atoms with Crippen LogP contribution in [0.2, 0.25) is 10.0 Å². The molecule has 1 aliphatic carbocycles. The summed E-state index contributed by atoms with van der Waals surface area (Å²) in [4.78, 5) is 27.7. The number of pyridine rings is 4. The van der Waals surface area contributed by atoms with Gasteiger partial charge in [0, 0.05) is 52.1 Å². The van der Waals surface area contributed by atoms with Gasteiger partial charge in [0.2, 0.25) is 5.91 Å². The van der Waals surface area contributed by atoms with Gasteiger partial charge in [-0.05, 0) is 66.2 Å². The molecule has 10 nitrogen and oxygen atoms in total. The van der Waals surface area contributed by atoms with Crippen LogP contribution < -0.4 is 0 Å². The Morgan fingerprint density at radius 3 is 1.70 bits per heavy atom. The van der Waals surface area contributed by atoms with E-state index in [0.29, 0.717) is 49.4 Å². The van der Waals surface area contributed by atoms with Crippen molar-refractivity contribution in [2.24, 2.45) is 0 Å². The van der Waals surface area contributed by atoms with E-state index < -0.39 is 83.1 Å². The maximum absolute atomic E-state index is 15.5. The minimum Gasteiger partial charge on any atom is -0.274 e. The molecule has 328 valence electrons. The third-order valence-electron chi connectivity index (χ3n) is 9.95. The van der Waals surface area contributed by atoms with Crippen molar-refractivity contribution in [2.75, 3.05) is 11.5 Å². The number of rotatable bonds is 6. The SMILES string of the molecule is CCS(=O)(=O)c1cc2cc(Cl)ccc2nc1-c1c(F)c2ncc(C(F)(F)F)cc2n1C(C)=O.CCS(=O)(=O)c1cc2cc(Cl)ccc2nc1C1=C(F)c2ncc(C(F)(F)F)cc2C1. The van der Waals surface area contributed by atoms with Gasteiger partial charge in [-0.15, -0.1) is 0 Å². The molecule has 1 aliphatic rings. The fourth-order valence-corrected chi connectivity index (χ4v) is 9.34. The number of benzene rings is 2. The Hall–Kier alpha value is -5.57. The van der Waals surface area contributed by atoms with Gasteiger partial charge in [0.25, 0.3) is 0 Å². The van der Waals surface area contributed by atoms with Gasteiger partial charge in [-0.25, -0.2) is 35.6 Å². The molecule has 0 amide bonds. The maximum atomic E-state index is 15.5. The van der Waals surface area contributed by atoms with Crippen LogP contribution in [0, 0.1) is 5.82 Å². The van der Waals surface area contributed by atoms with E-state index in [1.54, 1.807) is 12.1 Å². The van der Waals surface area contributed by atoms with Crippen LogP contribution >= 0.6 is 23.2 Å². The molecular formula is C41H27Cl2F8N5O5S2. The zero-order valence-electron chi connectivity index (χ0n) is 32.4. The lowest BCUT2D eigenvalue weighted by molar-refractivity contribution is -0.138. The lowest BCUT2D eigenvalue weighted by Gasteiger charge is -2.13. The van der Waals surface area contributed by atoms with Crippen molar-refractivity contribution in [3.8, 4) is 11.4 Å². The summed E-state index contributed by atoms with van der Waals surface area (Å²) in [5, 5.41) is 1.48. The summed E-state index contributed by atoms with van der Waals surface area (Å²) in [5.74, 6) is -3.52. The van der Waals surface area contributed by atoms with Gasteiger partial charge in [-0.3, -0.25) is 19.3 Å². The summed E-state index contributed by atoms with van der Waals surface area (Å²) < 4.78 is 161. The summed E-state index contributed by atoms with van der Waals surface area (Å²) in [6.07, 6.45) is -8.67. The minimum atomic E-state index is -4.79. The van der Waals surface area contributed by atoms with Gasteiger partial charge in [0.15, 0.2) is 31.3 Å². The Bertz CT molecular complexity index is 3340. The highest BCUT2D eigenvalue weighted by Crippen LogP contribution is 2.43. The van der Waals surface area contributed by atoms with Gasteiger partial charge < -0.3 is 0 Å². The Labute approximate surface area is 362 Å². The number of carbonyl (C=O) groups is 1. The largest absolute Gasteiger partial charge is 0.417 e. The molecule has 0 radical (unpaired) electrons. The van der Waals surface area contributed by atoms with E-state index in [-0.39, 0.29) is 55.8 Å². The third-order valence-corrected chi connectivity index (χ3v) is 13.9. The van der Waals surface area contributed by atoms with E-state index in [4.69, 9.17) is 23.2 Å². The summed E-state index contributed by atoms with van der Waals surface area (Å²) in [6.45, 7) is 3.82. The van der Waals surface area contributed by atoms with Crippen LogP contribution in [0.15, 0.2) is 82.8 Å². The zero-order chi connectivity index (χ0) is 46.1. The van der Waals surface area contributed by atoms with Crippen molar-refractivity contribution in [1.82, 2.24) is 24.5 Å². The topological polar surface area (TPSA) is 142 Å². The van der Waals surface area contributed by atoms with Crippen LogP contribution in [0.5, 0.6) is 0 Å². The molecule has 0 aliphatic heterocycles. The molecule has 5 aromatic heterocycles. The van der Waals surface area contributed by atoms with Crippen molar-refractivity contribution in [3.63, 3.8) is 0 Å². The predicted molar refractivity (Wildman–Crippen MR) is 220 cm³/mol. The van der Waals surface area contributed by atoms with Gasteiger partial charge in [0.1, 0.15) is 22.6 Å². The highest BCUT2D eigenvalue weighted by atomic mass is 35.5. The van der Waals surface area contributed by atoms with Crippen LogP contribution in [0.3, 0.4) is 0 Å². The van der Waals surface area contributed by atoms with E-state index in [9.17, 15) is 48.0 Å². The average Bonchev–Trinajstić information content (AvgIpc) is 3.71. The Balaban J connectivity index is 0.000000190. The lowest BCUT2D eigenvalue weighted by atomic mass is 10.1. The first kappa shape index (κ1) is 45.5. The number of hydrogen-bond donors (Lipinski definition) is 0. The molecule has 0 saturated heterocycles. The second kappa shape index (κ2) is 16.2. The van der Waals surface area contributed by atoms with Crippen molar-refractivity contribution in [3.05, 3.63) is 117 Å². The fourth-order valence-electron chi connectivity index (χ4n) is 6.84. The Morgan fingerprint density at radius 2 is 1.19 bits per heavy atom. The maximum Gasteiger partial charge on any atom is 0.417 e. The van der Waals surface area contributed by atoms with Crippen molar-refractivity contribution < 1.29 is 56.8 Å². The second-order valence-electron chi connectivity index (χ2n) is 14.0. The van der Waals surface area contributed by atoms with Crippen LogP contribution in [0.1, 0.15) is 53.6 Å². The molecule has 63 heavy (non-hydrogen) atoms. The molecule has 0 atom stereocenters. The summed E-state index contributed by atoms with van der Waals surface area (Å²) in [6, 6.07) is 13.1.